The zero-order valence-corrected chi connectivity index (χ0v) is 12.6. The van der Waals surface area contributed by atoms with E-state index in [4.69, 9.17) is 0 Å². The van der Waals surface area contributed by atoms with Gasteiger partial charge in [0.25, 0.3) is 0 Å². The minimum absolute atomic E-state index is 0.208. The van der Waals surface area contributed by atoms with Gasteiger partial charge in [0.05, 0.1) is 0 Å². The quantitative estimate of drug-likeness (QED) is 0.719. The van der Waals surface area contributed by atoms with Crippen LogP contribution in [0.1, 0.15) is 38.5 Å². The normalized spacial score (nSPS) is 18.7. The number of imide groups is 2. The Morgan fingerprint density at radius 1 is 0.818 bits per heavy atom. The van der Waals surface area contributed by atoms with Gasteiger partial charge in [-0.2, -0.15) is 0 Å². The van der Waals surface area contributed by atoms with Gasteiger partial charge in [0.1, 0.15) is 0 Å². The summed E-state index contributed by atoms with van der Waals surface area (Å²) < 4.78 is 0. The number of urea groups is 2. The molecule has 2 saturated heterocycles. The fraction of sp³-hybridized carbons (Fsp3) is 0.714. The molecule has 8 heteroatoms. The third-order valence-corrected chi connectivity index (χ3v) is 3.79. The molecule has 2 rings (SSSR count). The summed E-state index contributed by atoms with van der Waals surface area (Å²) in [6.07, 6.45) is 3.08. The Kier molecular flexibility index (Phi) is 5.74. The molecule has 0 aliphatic carbocycles. The summed E-state index contributed by atoms with van der Waals surface area (Å²) in [5, 5.41) is 5.26. The first kappa shape index (κ1) is 16.3. The lowest BCUT2D eigenvalue weighted by Gasteiger charge is -2.26. The molecule has 2 heterocycles. The van der Waals surface area contributed by atoms with Crippen LogP contribution in [0.4, 0.5) is 9.59 Å². The van der Waals surface area contributed by atoms with Gasteiger partial charge < -0.3 is 10.6 Å². The summed E-state index contributed by atoms with van der Waals surface area (Å²) in [5.41, 5.74) is 0. The number of carbonyl (C=O) groups excluding carboxylic acids is 4. The molecular weight excluding hydrogens is 288 g/mol. The lowest BCUT2D eigenvalue weighted by molar-refractivity contribution is -0.130. The van der Waals surface area contributed by atoms with E-state index in [2.05, 4.69) is 10.6 Å². The van der Waals surface area contributed by atoms with Crippen LogP contribution in [0, 0.1) is 0 Å². The fourth-order valence-electron chi connectivity index (χ4n) is 2.56. The van der Waals surface area contributed by atoms with Crippen molar-refractivity contribution in [3.8, 4) is 0 Å². The van der Waals surface area contributed by atoms with Crippen molar-refractivity contribution in [1.82, 2.24) is 20.4 Å². The maximum atomic E-state index is 11.9. The highest BCUT2D eigenvalue weighted by Gasteiger charge is 2.25. The lowest BCUT2D eigenvalue weighted by Crippen LogP contribution is -2.49. The van der Waals surface area contributed by atoms with Crippen molar-refractivity contribution in [3.05, 3.63) is 0 Å². The second-order valence-electron chi connectivity index (χ2n) is 5.47. The minimum atomic E-state index is -0.336. The van der Waals surface area contributed by atoms with Crippen molar-refractivity contribution >= 4 is 23.9 Å². The summed E-state index contributed by atoms with van der Waals surface area (Å²) in [6.45, 7) is 2.12. The number of nitrogens with one attached hydrogen (secondary N) is 2. The Labute approximate surface area is 129 Å². The van der Waals surface area contributed by atoms with Gasteiger partial charge in [-0.25, -0.2) is 9.59 Å². The summed E-state index contributed by atoms with van der Waals surface area (Å²) in [6, 6.07) is -0.672. The Bertz CT molecular complexity index is 424. The molecule has 2 fully saturated rings. The zero-order chi connectivity index (χ0) is 15.9. The summed E-state index contributed by atoms with van der Waals surface area (Å²) >= 11 is 0. The lowest BCUT2D eigenvalue weighted by atomic mass is 10.1. The third-order valence-electron chi connectivity index (χ3n) is 3.79. The topological polar surface area (TPSA) is 98.8 Å². The molecule has 0 bridgehead atoms. The van der Waals surface area contributed by atoms with Crippen LogP contribution in [-0.2, 0) is 9.59 Å². The number of hydrogen-bond donors (Lipinski definition) is 2. The second kappa shape index (κ2) is 7.77. The molecule has 2 aliphatic rings. The van der Waals surface area contributed by atoms with Crippen LogP contribution in [0.3, 0.4) is 0 Å². The van der Waals surface area contributed by atoms with Crippen LogP contribution in [0.15, 0.2) is 0 Å². The van der Waals surface area contributed by atoms with Crippen LogP contribution >= 0.6 is 0 Å². The van der Waals surface area contributed by atoms with Gasteiger partial charge in [-0.1, -0.05) is 0 Å². The van der Waals surface area contributed by atoms with E-state index in [-0.39, 0.29) is 36.7 Å². The number of amides is 6. The summed E-state index contributed by atoms with van der Waals surface area (Å²) in [7, 11) is 0. The zero-order valence-electron chi connectivity index (χ0n) is 12.6. The van der Waals surface area contributed by atoms with Gasteiger partial charge in [0.2, 0.25) is 11.8 Å². The van der Waals surface area contributed by atoms with Gasteiger partial charge in [-0.05, 0) is 25.7 Å². The number of nitrogens with zero attached hydrogens (tertiary/aromatic N) is 2. The van der Waals surface area contributed by atoms with Gasteiger partial charge >= 0.3 is 12.1 Å². The second-order valence-corrected chi connectivity index (χ2v) is 5.47. The van der Waals surface area contributed by atoms with Crippen LogP contribution < -0.4 is 10.6 Å². The number of rotatable bonds is 5. The molecule has 0 aromatic heterocycles. The fourth-order valence-corrected chi connectivity index (χ4v) is 2.56. The van der Waals surface area contributed by atoms with E-state index in [1.165, 1.54) is 9.80 Å². The molecule has 0 aromatic carbocycles. The first-order chi connectivity index (χ1) is 10.6. The molecule has 2 N–H and O–H groups in total. The van der Waals surface area contributed by atoms with Gasteiger partial charge in [-0.3, -0.25) is 19.4 Å². The highest BCUT2D eigenvalue weighted by molar-refractivity contribution is 5.95. The van der Waals surface area contributed by atoms with Crippen molar-refractivity contribution < 1.29 is 19.2 Å². The molecule has 0 atom stereocenters. The maximum absolute atomic E-state index is 11.9. The molecule has 2 aliphatic heterocycles. The van der Waals surface area contributed by atoms with Crippen LogP contribution in [0.2, 0.25) is 0 Å². The van der Waals surface area contributed by atoms with E-state index in [9.17, 15) is 19.2 Å². The van der Waals surface area contributed by atoms with E-state index in [1.54, 1.807) is 0 Å². The molecule has 122 valence electrons. The first-order valence-corrected chi connectivity index (χ1v) is 7.76. The van der Waals surface area contributed by atoms with E-state index in [0.717, 1.165) is 12.8 Å². The molecule has 0 aromatic rings. The number of unbranched alkanes of at least 4 members (excludes halogenated alkanes) is 1. The smallest absolute Gasteiger partial charge is 0.324 e. The van der Waals surface area contributed by atoms with Crippen LogP contribution in [0.25, 0.3) is 0 Å². The Morgan fingerprint density at radius 3 is 1.59 bits per heavy atom. The molecule has 22 heavy (non-hydrogen) atoms. The highest BCUT2D eigenvalue weighted by Crippen LogP contribution is 2.09. The molecule has 8 nitrogen and oxygen atoms in total. The monoisotopic (exact) mass is 310 g/mol. The first-order valence-electron chi connectivity index (χ1n) is 7.76. The third kappa shape index (κ3) is 4.19. The van der Waals surface area contributed by atoms with Gasteiger partial charge in [0, 0.05) is 39.0 Å². The standard InChI is InChI=1S/C14H22N4O4/c19-11(17-9-3-7-15-13(17)21)5-1-2-6-12(20)18-10-4-8-16-14(18)22/h1-10H2,(H,15,21)(H,16,22). The SMILES string of the molecule is O=C(CCCCC(=O)N1CCCNC1=O)N1CCCNC1=O. The molecule has 6 amide bonds. The largest absolute Gasteiger partial charge is 0.338 e. The van der Waals surface area contributed by atoms with Crippen molar-refractivity contribution in [2.24, 2.45) is 0 Å². The Morgan fingerprint density at radius 2 is 1.23 bits per heavy atom. The van der Waals surface area contributed by atoms with Gasteiger partial charge in [-0.15, -0.1) is 0 Å². The minimum Gasteiger partial charge on any atom is -0.338 e. The average molecular weight is 310 g/mol. The van der Waals surface area contributed by atoms with Crippen molar-refractivity contribution in [3.63, 3.8) is 0 Å². The molecular formula is C14H22N4O4. The van der Waals surface area contributed by atoms with E-state index in [1.807, 2.05) is 0 Å². The predicted octanol–water partition coefficient (Wildman–Crippen LogP) is 0.431. The Hall–Kier alpha value is -2.12. The average Bonchev–Trinajstić information content (AvgIpc) is 2.52. The van der Waals surface area contributed by atoms with E-state index >= 15 is 0 Å². The molecule has 0 spiro atoms. The number of hydrogen-bond acceptors (Lipinski definition) is 4. The summed E-state index contributed by atoms with van der Waals surface area (Å²) in [4.78, 5) is 49.3. The van der Waals surface area contributed by atoms with Crippen molar-refractivity contribution in [2.75, 3.05) is 26.2 Å². The van der Waals surface area contributed by atoms with Gasteiger partial charge in [0.15, 0.2) is 0 Å². The van der Waals surface area contributed by atoms with Crippen molar-refractivity contribution in [1.29, 1.82) is 0 Å². The maximum Gasteiger partial charge on any atom is 0.324 e. The van der Waals surface area contributed by atoms with E-state index < -0.39 is 0 Å². The summed E-state index contributed by atoms with van der Waals surface area (Å²) in [5.74, 6) is -0.416. The van der Waals surface area contributed by atoms with Crippen molar-refractivity contribution in [2.45, 2.75) is 38.5 Å². The van der Waals surface area contributed by atoms with Crippen LogP contribution in [-0.4, -0.2) is 59.9 Å². The number of carbonyl (C=O) groups is 4. The predicted molar refractivity (Wildman–Crippen MR) is 77.9 cm³/mol. The van der Waals surface area contributed by atoms with E-state index in [0.29, 0.717) is 39.0 Å². The molecule has 0 unspecified atom stereocenters. The molecule has 0 radical (unpaired) electrons. The Balaban J connectivity index is 1.66. The van der Waals surface area contributed by atoms with Crippen LogP contribution in [0.5, 0.6) is 0 Å². The highest BCUT2D eigenvalue weighted by atomic mass is 16.2. The molecule has 0 saturated carbocycles.